The molecule has 1 aromatic heterocycles. The predicted molar refractivity (Wildman–Crippen MR) is 91.2 cm³/mol. The summed E-state index contributed by atoms with van der Waals surface area (Å²) in [6.45, 7) is 3.28. The highest BCUT2D eigenvalue weighted by Gasteiger charge is 2.29. The van der Waals surface area contributed by atoms with E-state index in [2.05, 4.69) is 11.9 Å². The minimum absolute atomic E-state index is 0.0342. The highest BCUT2D eigenvalue weighted by molar-refractivity contribution is 8.00. The zero-order chi connectivity index (χ0) is 17.3. The van der Waals surface area contributed by atoms with E-state index in [-0.39, 0.29) is 16.1 Å². The Labute approximate surface area is 144 Å². The van der Waals surface area contributed by atoms with Gasteiger partial charge >= 0.3 is 5.97 Å². The first-order valence-electron chi connectivity index (χ1n) is 7.76. The number of primary sulfonamides is 1. The van der Waals surface area contributed by atoms with E-state index in [0.29, 0.717) is 23.7 Å². The summed E-state index contributed by atoms with van der Waals surface area (Å²) >= 11 is 1.37. The summed E-state index contributed by atoms with van der Waals surface area (Å²) < 4.78 is 30.1. The molecule has 2 N–H and O–H groups in total. The van der Waals surface area contributed by atoms with E-state index in [1.54, 1.807) is 6.07 Å². The minimum atomic E-state index is -3.78. The number of thioether (sulfide) groups is 1. The fourth-order valence-electron chi connectivity index (χ4n) is 2.60. The molecular weight excluding hydrogens is 350 g/mol. The number of rotatable bonds is 6. The van der Waals surface area contributed by atoms with Gasteiger partial charge in [-0.25, -0.2) is 18.5 Å². The third kappa shape index (κ3) is 3.42. The first-order chi connectivity index (χ1) is 11.4. The van der Waals surface area contributed by atoms with E-state index in [4.69, 9.17) is 9.88 Å². The maximum atomic E-state index is 11.7. The Hall–Kier alpha value is -1.58. The number of fused-ring (bicyclic) bond motifs is 1. The summed E-state index contributed by atoms with van der Waals surface area (Å²) in [5, 5.41) is 5.63. The molecule has 2 heterocycles. The average Bonchev–Trinajstić information content (AvgIpc) is 3.08. The number of ether oxygens (including phenoxy) is 1. The molecule has 24 heavy (non-hydrogen) atoms. The van der Waals surface area contributed by atoms with Crippen molar-refractivity contribution >= 4 is 38.8 Å². The number of carbonyl (C=O) groups is 1. The van der Waals surface area contributed by atoms with E-state index in [1.807, 2.05) is 4.57 Å². The lowest BCUT2D eigenvalue weighted by Crippen LogP contribution is -2.12. The van der Waals surface area contributed by atoms with Gasteiger partial charge in [0, 0.05) is 13.0 Å². The molecule has 0 amide bonds. The molecule has 0 aliphatic carbocycles. The van der Waals surface area contributed by atoms with E-state index >= 15 is 0 Å². The zero-order valence-corrected chi connectivity index (χ0v) is 14.9. The molecular formula is C15H19N3O4S2. The zero-order valence-electron chi connectivity index (χ0n) is 13.3. The number of carbonyl (C=O) groups excluding carboxylic acids is 1. The Morgan fingerprint density at radius 3 is 2.88 bits per heavy atom. The van der Waals surface area contributed by atoms with Crippen molar-refractivity contribution in [1.29, 1.82) is 0 Å². The van der Waals surface area contributed by atoms with Gasteiger partial charge in [-0.15, -0.1) is 0 Å². The summed E-state index contributed by atoms with van der Waals surface area (Å²) in [5.41, 5.74) is 1.40. The largest absolute Gasteiger partial charge is 0.465 e. The van der Waals surface area contributed by atoms with Gasteiger partial charge in [0.1, 0.15) is 5.25 Å². The summed E-state index contributed by atoms with van der Waals surface area (Å²) in [6, 6.07) is 4.68. The molecule has 1 fully saturated rings. The fourth-order valence-corrected chi connectivity index (χ4v) is 4.23. The van der Waals surface area contributed by atoms with E-state index < -0.39 is 10.0 Å². The van der Waals surface area contributed by atoms with E-state index in [0.717, 1.165) is 24.9 Å². The Morgan fingerprint density at radius 2 is 2.25 bits per heavy atom. The molecule has 1 aliphatic rings. The Balaban J connectivity index is 2.03. The SMILES string of the molecule is CCCCn1c(S[C@@H]2CCOC2=O)nc2cc(S(N)(=O)=O)ccc21. The van der Waals surface area contributed by atoms with Crippen molar-refractivity contribution in [3.8, 4) is 0 Å². The molecule has 7 nitrogen and oxygen atoms in total. The normalized spacial score (nSPS) is 18.2. The van der Waals surface area contributed by atoms with Gasteiger partial charge < -0.3 is 9.30 Å². The standard InChI is InChI=1S/C15H19N3O4S2/c1-2-3-7-18-12-5-4-10(24(16,20)21)9-11(12)17-15(18)23-13-6-8-22-14(13)19/h4-5,9,13H,2-3,6-8H2,1H3,(H2,16,20,21)/t13-/m1/s1. The van der Waals surface area contributed by atoms with Crippen molar-refractivity contribution < 1.29 is 17.9 Å². The number of benzene rings is 1. The Morgan fingerprint density at radius 1 is 1.46 bits per heavy atom. The molecule has 1 saturated heterocycles. The molecule has 0 saturated carbocycles. The topological polar surface area (TPSA) is 104 Å². The number of sulfonamides is 1. The van der Waals surface area contributed by atoms with Gasteiger partial charge in [-0.2, -0.15) is 0 Å². The van der Waals surface area contributed by atoms with Crippen LogP contribution in [-0.2, 0) is 26.1 Å². The lowest BCUT2D eigenvalue weighted by molar-refractivity contribution is -0.137. The molecule has 1 aromatic carbocycles. The monoisotopic (exact) mass is 369 g/mol. The maximum absolute atomic E-state index is 11.7. The van der Waals surface area contributed by atoms with Crippen LogP contribution in [0.15, 0.2) is 28.3 Å². The maximum Gasteiger partial charge on any atom is 0.319 e. The summed E-state index contributed by atoms with van der Waals surface area (Å²) in [5.74, 6) is -0.223. The van der Waals surface area contributed by atoms with Gasteiger partial charge in [-0.1, -0.05) is 25.1 Å². The minimum Gasteiger partial charge on any atom is -0.465 e. The second kappa shape index (κ2) is 6.73. The first kappa shape index (κ1) is 17.2. The van der Waals surface area contributed by atoms with Crippen molar-refractivity contribution in [1.82, 2.24) is 9.55 Å². The number of unbranched alkanes of at least 4 members (excludes halogenated alkanes) is 1. The average molecular weight is 369 g/mol. The Kier molecular flexibility index (Phi) is 4.84. The van der Waals surface area contributed by atoms with Gasteiger partial charge in [0.15, 0.2) is 5.16 Å². The van der Waals surface area contributed by atoms with E-state index in [1.165, 1.54) is 23.9 Å². The fraction of sp³-hybridized carbons (Fsp3) is 0.467. The van der Waals surface area contributed by atoms with Gasteiger partial charge in [-0.05, 0) is 24.6 Å². The number of hydrogen-bond acceptors (Lipinski definition) is 6. The van der Waals surface area contributed by atoms with Crippen molar-refractivity contribution in [2.75, 3.05) is 6.61 Å². The van der Waals surface area contributed by atoms with Crippen LogP contribution in [0, 0.1) is 0 Å². The van der Waals surface area contributed by atoms with Crippen LogP contribution >= 0.6 is 11.8 Å². The molecule has 1 aliphatic heterocycles. The summed E-state index contributed by atoms with van der Waals surface area (Å²) in [6.07, 6.45) is 2.64. The third-order valence-corrected chi connectivity index (χ3v) is 6.03. The van der Waals surface area contributed by atoms with Crippen LogP contribution in [0.2, 0.25) is 0 Å². The first-order valence-corrected chi connectivity index (χ1v) is 10.2. The van der Waals surface area contributed by atoms with Crippen LogP contribution in [0.1, 0.15) is 26.2 Å². The van der Waals surface area contributed by atoms with Crippen molar-refractivity contribution in [2.45, 2.75) is 48.0 Å². The van der Waals surface area contributed by atoms with Gasteiger partial charge in [0.2, 0.25) is 10.0 Å². The van der Waals surface area contributed by atoms with E-state index in [9.17, 15) is 13.2 Å². The third-order valence-electron chi connectivity index (χ3n) is 3.88. The van der Waals surface area contributed by atoms with Crippen LogP contribution in [-0.4, -0.2) is 35.8 Å². The second-order valence-electron chi connectivity index (χ2n) is 5.66. The highest BCUT2D eigenvalue weighted by atomic mass is 32.2. The van der Waals surface area contributed by atoms with Crippen LogP contribution in [0.4, 0.5) is 0 Å². The molecule has 9 heteroatoms. The highest BCUT2D eigenvalue weighted by Crippen LogP contribution is 2.32. The quantitative estimate of drug-likeness (QED) is 0.780. The molecule has 0 bridgehead atoms. The summed E-state index contributed by atoms with van der Waals surface area (Å²) in [4.78, 5) is 16.3. The number of aromatic nitrogens is 2. The van der Waals surface area contributed by atoms with Gasteiger partial charge in [-0.3, -0.25) is 4.79 Å². The molecule has 2 aromatic rings. The van der Waals surface area contributed by atoms with Crippen LogP contribution < -0.4 is 5.14 Å². The predicted octanol–water partition coefficient (Wildman–Crippen LogP) is 1.89. The molecule has 0 unspecified atom stereocenters. The van der Waals surface area contributed by atoms with Gasteiger partial charge in [0.25, 0.3) is 0 Å². The number of imidazole rings is 1. The lowest BCUT2D eigenvalue weighted by atomic mass is 10.3. The Bertz CT molecular complexity index is 876. The molecule has 3 rings (SSSR count). The van der Waals surface area contributed by atoms with Crippen molar-refractivity contribution in [3.63, 3.8) is 0 Å². The number of esters is 1. The molecule has 1 atom stereocenters. The summed E-state index contributed by atoms with van der Waals surface area (Å²) in [7, 11) is -3.78. The van der Waals surface area contributed by atoms with Crippen molar-refractivity contribution in [3.05, 3.63) is 18.2 Å². The number of aryl methyl sites for hydroxylation is 1. The smallest absolute Gasteiger partial charge is 0.319 e. The van der Waals surface area contributed by atoms with Crippen LogP contribution in [0.5, 0.6) is 0 Å². The number of cyclic esters (lactones) is 1. The number of nitrogens with zero attached hydrogens (tertiary/aromatic N) is 2. The van der Waals surface area contributed by atoms with Crippen molar-refractivity contribution in [2.24, 2.45) is 5.14 Å². The second-order valence-corrected chi connectivity index (χ2v) is 8.39. The molecule has 0 radical (unpaired) electrons. The van der Waals surface area contributed by atoms with Crippen LogP contribution in [0.3, 0.4) is 0 Å². The van der Waals surface area contributed by atoms with Gasteiger partial charge in [0.05, 0.1) is 22.5 Å². The lowest BCUT2D eigenvalue weighted by Gasteiger charge is -2.10. The molecule has 0 spiro atoms. The number of hydrogen-bond donors (Lipinski definition) is 1. The molecule has 130 valence electrons. The number of nitrogens with two attached hydrogens (primary N) is 1. The van der Waals surface area contributed by atoms with Crippen LogP contribution in [0.25, 0.3) is 11.0 Å².